The number of anilines is 1. The average Bonchev–Trinajstić information content (AvgIpc) is 3.27. The third kappa shape index (κ3) is 4.69. The molecule has 1 aliphatic heterocycles. The van der Waals surface area contributed by atoms with Crippen LogP contribution in [0.4, 0.5) is 5.82 Å². The first-order chi connectivity index (χ1) is 14.1. The molecule has 0 bridgehead atoms. The van der Waals surface area contributed by atoms with Crippen molar-refractivity contribution in [1.29, 1.82) is 0 Å². The molecule has 1 aromatic carbocycles. The van der Waals surface area contributed by atoms with Crippen molar-refractivity contribution in [3.8, 4) is 0 Å². The zero-order valence-electron chi connectivity index (χ0n) is 16.8. The Morgan fingerprint density at radius 3 is 2.63 bits per heavy atom. The molecule has 0 spiro atoms. The molecule has 2 aromatic rings. The van der Waals surface area contributed by atoms with E-state index in [-0.39, 0.29) is 23.7 Å². The van der Waals surface area contributed by atoms with Crippen molar-refractivity contribution >= 4 is 27.7 Å². The predicted octanol–water partition coefficient (Wildman–Crippen LogP) is 0.906. The maximum atomic E-state index is 13.0. The number of aromatic nitrogens is 1. The Morgan fingerprint density at radius 1 is 1.27 bits per heavy atom. The zero-order chi connectivity index (χ0) is 22.1. The van der Waals surface area contributed by atoms with Gasteiger partial charge in [-0.15, -0.1) is 0 Å². The van der Waals surface area contributed by atoms with Gasteiger partial charge in [0.2, 0.25) is 10.0 Å². The van der Waals surface area contributed by atoms with Crippen molar-refractivity contribution in [3.05, 3.63) is 41.2 Å². The molecule has 1 aromatic heterocycles. The molecule has 2 N–H and O–H groups in total. The molecule has 1 amide bonds. The summed E-state index contributed by atoms with van der Waals surface area (Å²) in [6.07, 6.45) is -1.14. The van der Waals surface area contributed by atoms with Crippen molar-refractivity contribution in [2.45, 2.75) is 44.2 Å². The molecular formula is C19H23N3O7S. The number of nitrogens with one attached hydrogen (secondary N) is 1. The van der Waals surface area contributed by atoms with E-state index in [2.05, 4.69) is 10.5 Å². The van der Waals surface area contributed by atoms with Crippen LogP contribution in [0.1, 0.15) is 23.3 Å². The number of esters is 1. The maximum Gasteiger partial charge on any atom is 0.325 e. The summed E-state index contributed by atoms with van der Waals surface area (Å²) < 4.78 is 36.8. The first kappa shape index (κ1) is 21.9. The van der Waals surface area contributed by atoms with Gasteiger partial charge < -0.3 is 19.7 Å². The van der Waals surface area contributed by atoms with Gasteiger partial charge in [0.05, 0.1) is 11.0 Å². The molecule has 3 rings (SSSR count). The SMILES string of the molecule is Cc1cc(NC(=O)COC(=O)C2CC(O)CN2S(=O)(=O)c2ccc(C)c(C)c2)no1. The third-order valence-corrected chi connectivity index (χ3v) is 6.70. The van der Waals surface area contributed by atoms with E-state index in [1.54, 1.807) is 19.9 Å². The Bertz CT molecular complexity index is 1060. The second-order valence-electron chi connectivity index (χ2n) is 7.20. The molecule has 0 aliphatic carbocycles. The summed E-state index contributed by atoms with van der Waals surface area (Å²) in [5, 5.41) is 16.0. The minimum Gasteiger partial charge on any atom is -0.454 e. The number of nitrogens with zero attached hydrogens (tertiary/aromatic N) is 2. The van der Waals surface area contributed by atoms with Gasteiger partial charge in [-0.05, 0) is 44.0 Å². The molecule has 162 valence electrons. The minimum absolute atomic E-state index is 0.0247. The number of carbonyl (C=O) groups is 2. The Labute approximate surface area is 173 Å². The molecule has 0 radical (unpaired) electrons. The summed E-state index contributed by atoms with van der Waals surface area (Å²) in [5.74, 6) is -0.901. The fourth-order valence-corrected chi connectivity index (χ4v) is 4.82. The molecule has 2 unspecified atom stereocenters. The monoisotopic (exact) mass is 437 g/mol. The number of benzene rings is 1. The van der Waals surface area contributed by atoms with Gasteiger partial charge in [0.15, 0.2) is 12.4 Å². The molecule has 2 atom stereocenters. The van der Waals surface area contributed by atoms with E-state index in [4.69, 9.17) is 9.26 Å². The summed E-state index contributed by atoms with van der Waals surface area (Å²) in [5.41, 5.74) is 1.72. The second-order valence-corrected chi connectivity index (χ2v) is 9.10. The highest BCUT2D eigenvalue weighted by Gasteiger charge is 2.44. The van der Waals surface area contributed by atoms with Gasteiger partial charge in [-0.25, -0.2) is 8.42 Å². The van der Waals surface area contributed by atoms with E-state index in [0.29, 0.717) is 5.76 Å². The Balaban J connectivity index is 1.69. The quantitative estimate of drug-likeness (QED) is 0.636. The summed E-state index contributed by atoms with van der Waals surface area (Å²) >= 11 is 0. The fraction of sp³-hybridized carbons (Fsp3) is 0.421. The summed E-state index contributed by atoms with van der Waals surface area (Å²) in [7, 11) is -4.04. The number of sulfonamides is 1. The van der Waals surface area contributed by atoms with Crippen LogP contribution in [0.3, 0.4) is 0 Å². The van der Waals surface area contributed by atoms with Crippen molar-refractivity contribution in [2.24, 2.45) is 0 Å². The number of hydrogen-bond donors (Lipinski definition) is 2. The lowest BCUT2D eigenvalue weighted by molar-refractivity contribution is -0.150. The number of ether oxygens (including phenoxy) is 1. The highest BCUT2D eigenvalue weighted by atomic mass is 32.2. The molecule has 0 saturated carbocycles. The van der Waals surface area contributed by atoms with Crippen LogP contribution in [0, 0.1) is 20.8 Å². The molecule has 1 aliphatic rings. The van der Waals surface area contributed by atoms with Crippen molar-refractivity contribution < 1.29 is 32.4 Å². The number of aliphatic hydroxyl groups is 1. The maximum absolute atomic E-state index is 13.0. The largest absolute Gasteiger partial charge is 0.454 e. The zero-order valence-corrected chi connectivity index (χ0v) is 17.6. The molecule has 1 saturated heterocycles. The van der Waals surface area contributed by atoms with Crippen LogP contribution >= 0.6 is 0 Å². The van der Waals surface area contributed by atoms with Gasteiger partial charge in [-0.3, -0.25) is 9.59 Å². The normalized spacial score (nSPS) is 19.6. The average molecular weight is 437 g/mol. The van der Waals surface area contributed by atoms with Crippen LogP contribution in [0.25, 0.3) is 0 Å². The van der Waals surface area contributed by atoms with E-state index in [9.17, 15) is 23.1 Å². The fourth-order valence-electron chi connectivity index (χ4n) is 3.11. The first-order valence-electron chi connectivity index (χ1n) is 9.25. The summed E-state index contributed by atoms with van der Waals surface area (Å²) in [6, 6.07) is 4.92. The van der Waals surface area contributed by atoms with Gasteiger partial charge in [-0.1, -0.05) is 11.2 Å². The van der Waals surface area contributed by atoms with E-state index in [0.717, 1.165) is 15.4 Å². The number of aliphatic hydroxyl groups excluding tert-OH is 1. The van der Waals surface area contributed by atoms with Crippen molar-refractivity contribution in [2.75, 3.05) is 18.5 Å². The Morgan fingerprint density at radius 2 is 2.00 bits per heavy atom. The molecular weight excluding hydrogens is 414 g/mol. The van der Waals surface area contributed by atoms with E-state index in [1.165, 1.54) is 18.2 Å². The number of amides is 1. The smallest absolute Gasteiger partial charge is 0.325 e. The van der Waals surface area contributed by atoms with E-state index < -0.39 is 40.7 Å². The lowest BCUT2D eigenvalue weighted by Gasteiger charge is -2.22. The lowest BCUT2D eigenvalue weighted by atomic mass is 10.1. The molecule has 10 nitrogen and oxygen atoms in total. The number of carbonyl (C=O) groups excluding carboxylic acids is 2. The molecule has 30 heavy (non-hydrogen) atoms. The highest BCUT2D eigenvalue weighted by molar-refractivity contribution is 7.89. The Hall–Kier alpha value is -2.76. The van der Waals surface area contributed by atoms with Crippen LogP contribution in [-0.4, -0.2) is 60.2 Å². The van der Waals surface area contributed by atoms with Crippen molar-refractivity contribution in [3.63, 3.8) is 0 Å². The second kappa shape index (κ2) is 8.54. The lowest BCUT2D eigenvalue weighted by Crippen LogP contribution is -2.42. The van der Waals surface area contributed by atoms with E-state index >= 15 is 0 Å². The molecule has 1 fully saturated rings. The number of aryl methyl sites for hydroxylation is 3. The highest BCUT2D eigenvalue weighted by Crippen LogP contribution is 2.28. The number of hydrogen-bond acceptors (Lipinski definition) is 8. The standard InChI is InChI=1S/C19H23N3O7S/c1-11-4-5-15(6-12(11)2)30(26,27)22-9-14(23)8-16(22)19(25)28-10-18(24)20-17-7-13(3)29-21-17/h4-7,14,16,23H,8-10H2,1-3H3,(H,20,21,24). The summed E-state index contributed by atoms with van der Waals surface area (Å²) in [6.45, 7) is 4.43. The number of rotatable bonds is 6. The van der Waals surface area contributed by atoms with Crippen LogP contribution < -0.4 is 5.32 Å². The van der Waals surface area contributed by atoms with Crippen molar-refractivity contribution in [1.82, 2.24) is 9.46 Å². The first-order valence-corrected chi connectivity index (χ1v) is 10.7. The predicted molar refractivity (Wildman–Crippen MR) is 105 cm³/mol. The summed E-state index contributed by atoms with van der Waals surface area (Å²) in [4.78, 5) is 24.5. The van der Waals surface area contributed by atoms with Crippen LogP contribution in [0.2, 0.25) is 0 Å². The molecule has 11 heteroatoms. The van der Waals surface area contributed by atoms with Gasteiger partial charge in [0.25, 0.3) is 5.91 Å². The van der Waals surface area contributed by atoms with Gasteiger partial charge in [-0.2, -0.15) is 4.31 Å². The van der Waals surface area contributed by atoms with Crippen LogP contribution in [-0.2, 0) is 24.3 Å². The van der Waals surface area contributed by atoms with Crippen LogP contribution in [0.5, 0.6) is 0 Å². The van der Waals surface area contributed by atoms with E-state index in [1.807, 2.05) is 6.92 Å². The van der Waals surface area contributed by atoms with Gasteiger partial charge in [0.1, 0.15) is 11.8 Å². The topological polar surface area (TPSA) is 139 Å². The third-order valence-electron chi connectivity index (χ3n) is 4.83. The van der Waals surface area contributed by atoms with Gasteiger partial charge >= 0.3 is 5.97 Å². The van der Waals surface area contributed by atoms with Gasteiger partial charge in [0, 0.05) is 19.0 Å². The molecule has 2 heterocycles. The Kier molecular flexibility index (Phi) is 6.25. The van der Waals surface area contributed by atoms with Crippen LogP contribution in [0.15, 0.2) is 33.7 Å². The minimum atomic E-state index is -4.04. The number of β-amino-alcohol motifs (C(OH)–C–C–N with tert-alkyl or cyclic N) is 1.